The molecule has 7 unspecified atom stereocenters. The summed E-state index contributed by atoms with van der Waals surface area (Å²) in [4.78, 5) is 12.2. The number of terminal acetylenes is 1. The van der Waals surface area contributed by atoms with Crippen molar-refractivity contribution in [1.82, 2.24) is 0 Å². The highest BCUT2D eigenvalue weighted by atomic mass is 16.6. The van der Waals surface area contributed by atoms with Crippen molar-refractivity contribution >= 4 is 5.78 Å². The third-order valence-corrected chi connectivity index (χ3v) is 9.15. The molecule has 0 amide bonds. The van der Waals surface area contributed by atoms with Crippen molar-refractivity contribution in [3.63, 3.8) is 0 Å². The van der Waals surface area contributed by atoms with E-state index in [-0.39, 0.29) is 11.0 Å². The van der Waals surface area contributed by atoms with Crippen molar-refractivity contribution in [1.29, 1.82) is 0 Å². The van der Waals surface area contributed by atoms with E-state index >= 15 is 0 Å². The molecule has 4 aliphatic carbocycles. The van der Waals surface area contributed by atoms with E-state index in [1.54, 1.807) is 14.0 Å². The number of benzene rings is 1. The van der Waals surface area contributed by atoms with Crippen LogP contribution in [0.1, 0.15) is 70.3 Å². The Kier molecular flexibility index (Phi) is 5.05. The first-order valence-corrected chi connectivity index (χ1v) is 11.9. The molecule has 164 valence electrons. The minimum Gasteiger partial charge on any atom is -0.497 e. The molecule has 6 rings (SSSR count). The van der Waals surface area contributed by atoms with Crippen LogP contribution in [0.25, 0.3) is 0 Å². The number of carbonyl (C=O) groups excluding carboxylic acids is 1. The number of ether oxygens (including phenoxy) is 2. The molecule has 31 heavy (non-hydrogen) atoms. The number of hydrogen-bond acceptors (Lipinski definition) is 3. The molecule has 0 aromatic heterocycles. The van der Waals surface area contributed by atoms with Crippen molar-refractivity contribution in [3.05, 3.63) is 41.5 Å². The molecule has 1 saturated heterocycles. The molecule has 0 radical (unpaired) electrons. The number of carbonyl (C=O) groups is 1. The van der Waals surface area contributed by atoms with Crippen LogP contribution in [0, 0.1) is 35.5 Å². The Morgan fingerprint density at radius 1 is 1.16 bits per heavy atom. The second-order valence-corrected chi connectivity index (χ2v) is 10.4. The second-order valence-electron chi connectivity index (χ2n) is 10.4. The van der Waals surface area contributed by atoms with E-state index in [0.29, 0.717) is 30.1 Å². The van der Waals surface area contributed by atoms with Crippen LogP contribution in [-0.2, 0) is 9.53 Å². The molecule has 0 N–H and O–H groups in total. The fourth-order valence-electron chi connectivity index (χ4n) is 7.87. The number of epoxide rings is 1. The van der Waals surface area contributed by atoms with Crippen LogP contribution >= 0.6 is 0 Å². The molecule has 4 fully saturated rings. The van der Waals surface area contributed by atoms with E-state index < -0.39 is 0 Å². The Balaban J connectivity index is 0.000000646. The summed E-state index contributed by atoms with van der Waals surface area (Å²) in [6.45, 7) is 4.12. The predicted molar refractivity (Wildman–Crippen MR) is 122 cm³/mol. The van der Waals surface area contributed by atoms with Gasteiger partial charge < -0.3 is 9.47 Å². The first-order valence-electron chi connectivity index (χ1n) is 11.9. The Labute approximate surface area is 186 Å². The summed E-state index contributed by atoms with van der Waals surface area (Å²) in [6.07, 6.45) is 15.0. The number of allylic oxidation sites excluding steroid dienone is 1. The van der Waals surface area contributed by atoms with Crippen LogP contribution in [0.3, 0.4) is 0 Å². The van der Waals surface area contributed by atoms with Gasteiger partial charge in [-0.1, -0.05) is 24.6 Å². The van der Waals surface area contributed by atoms with Crippen molar-refractivity contribution in [2.45, 2.75) is 76.4 Å². The average Bonchev–Trinajstić information content (AvgIpc) is 3.34. The molecule has 3 heteroatoms. The van der Waals surface area contributed by atoms with Gasteiger partial charge in [0.1, 0.15) is 5.75 Å². The SMILES string of the molecule is C#CC.COc1ccc(C2CC34OC3CCC4C3CCC4=CC(=O)CCC4(C)C23)cc1. The Morgan fingerprint density at radius 2 is 1.90 bits per heavy atom. The lowest BCUT2D eigenvalue weighted by atomic mass is 9.46. The molecule has 3 nitrogen and oxygen atoms in total. The number of fused-ring (bicyclic) bond motifs is 4. The van der Waals surface area contributed by atoms with Gasteiger partial charge in [0.25, 0.3) is 0 Å². The first kappa shape index (κ1) is 20.8. The van der Waals surface area contributed by atoms with Crippen LogP contribution in [0.2, 0.25) is 0 Å². The van der Waals surface area contributed by atoms with Crippen LogP contribution in [0.5, 0.6) is 5.75 Å². The lowest BCUT2D eigenvalue weighted by Gasteiger charge is -2.58. The van der Waals surface area contributed by atoms with Crippen molar-refractivity contribution in [3.8, 4) is 18.1 Å². The van der Waals surface area contributed by atoms with E-state index in [1.165, 1.54) is 30.4 Å². The topological polar surface area (TPSA) is 38.8 Å². The normalized spacial score (nSPS) is 41.8. The largest absolute Gasteiger partial charge is 0.497 e. The Morgan fingerprint density at radius 3 is 2.58 bits per heavy atom. The fourth-order valence-corrected chi connectivity index (χ4v) is 7.87. The van der Waals surface area contributed by atoms with Gasteiger partial charge in [0.2, 0.25) is 0 Å². The lowest BCUT2D eigenvalue weighted by Crippen LogP contribution is -2.53. The van der Waals surface area contributed by atoms with Crippen molar-refractivity contribution in [2.24, 2.45) is 23.2 Å². The molecular weight excluding hydrogens is 384 g/mol. The van der Waals surface area contributed by atoms with E-state index in [9.17, 15) is 4.79 Å². The van der Waals surface area contributed by atoms with E-state index in [2.05, 4.69) is 43.5 Å². The molecule has 7 atom stereocenters. The van der Waals surface area contributed by atoms with E-state index in [1.807, 2.05) is 6.08 Å². The maximum atomic E-state index is 12.2. The maximum Gasteiger partial charge on any atom is 0.155 e. The number of rotatable bonds is 2. The third-order valence-electron chi connectivity index (χ3n) is 9.15. The smallest absolute Gasteiger partial charge is 0.155 e. The van der Waals surface area contributed by atoms with Crippen LogP contribution in [-0.4, -0.2) is 24.6 Å². The monoisotopic (exact) mass is 418 g/mol. The summed E-state index contributed by atoms with van der Waals surface area (Å²) in [5.41, 5.74) is 3.19. The molecule has 1 heterocycles. The molecule has 1 aromatic rings. The quantitative estimate of drug-likeness (QED) is 0.457. The minimum atomic E-state index is 0.161. The van der Waals surface area contributed by atoms with Gasteiger partial charge in [0.05, 0.1) is 18.8 Å². The minimum absolute atomic E-state index is 0.161. The second kappa shape index (κ2) is 7.52. The molecule has 1 spiro atoms. The molecular formula is C28H34O3. The summed E-state index contributed by atoms with van der Waals surface area (Å²) in [7, 11) is 1.73. The third kappa shape index (κ3) is 3.10. The summed E-state index contributed by atoms with van der Waals surface area (Å²) >= 11 is 0. The highest BCUT2D eigenvalue weighted by molar-refractivity contribution is 5.91. The summed E-state index contributed by atoms with van der Waals surface area (Å²) in [5, 5.41) is 0. The van der Waals surface area contributed by atoms with Crippen molar-refractivity contribution < 1.29 is 14.3 Å². The molecule has 0 bridgehead atoms. The number of methoxy groups -OCH3 is 1. The van der Waals surface area contributed by atoms with Gasteiger partial charge in [0, 0.05) is 6.42 Å². The summed E-state index contributed by atoms with van der Waals surface area (Å²) in [5.74, 6) is 6.10. The molecule has 1 aliphatic heterocycles. The number of hydrogen-bond donors (Lipinski definition) is 0. The molecule has 5 aliphatic rings. The highest BCUT2D eigenvalue weighted by Gasteiger charge is 2.72. The summed E-state index contributed by atoms with van der Waals surface area (Å²) < 4.78 is 11.8. The fraction of sp³-hybridized carbons (Fsp3) is 0.607. The molecule has 3 saturated carbocycles. The van der Waals surface area contributed by atoms with Gasteiger partial charge >= 0.3 is 0 Å². The predicted octanol–water partition coefficient (Wildman–Crippen LogP) is 5.69. The molecule has 1 aromatic carbocycles. The number of ketones is 1. The first-order chi connectivity index (χ1) is 15.0. The van der Waals surface area contributed by atoms with Gasteiger partial charge in [-0.3, -0.25) is 4.79 Å². The lowest BCUT2D eigenvalue weighted by molar-refractivity contribution is -0.117. The summed E-state index contributed by atoms with van der Waals surface area (Å²) in [6, 6.07) is 8.78. The van der Waals surface area contributed by atoms with E-state index in [0.717, 1.165) is 36.8 Å². The zero-order valence-electron chi connectivity index (χ0n) is 19.0. The highest BCUT2D eigenvalue weighted by Crippen LogP contribution is 2.71. The van der Waals surface area contributed by atoms with Gasteiger partial charge in [0.15, 0.2) is 5.78 Å². The maximum absolute atomic E-state index is 12.2. The zero-order chi connectivity index (χ0) is 21.8. The van der Waals surface area contributed by atoms with Gasteiger partial charge in [-0.25, -0.2) is 0 Å². The Hall–Kier alpha value is -2.05. The average molecular weight is 419 g/mol. The zero-order valence-corrected chi connectivity index (χ0v) is 19.0. The van der Waals surface area contributed by atoms with E-state index in [4.69, 9.17) is 9.47 Å². The van der Waals surface area contributed by atoms with Crippen molar-refractivity contribution in [2.75, 3.05) is 7.11 Å². The van der Waals surface area contributed by atoms with Crippen LogP contribution in [0.4, 0.5) is 0 Å². The van der Waals surface area contributed by atoms with Crippen LogP contribution < -0.4 is 4.74 Å². The standard InChI is InChI=1S/C25H30O3.C3H4/c1-24-12-11-17(26)13-16(24)5-8-19-21-9-10-22-25(21,28-22)14-20(23(19)24)15-3-6-18(27-2)7-4-15;1-3-2/h3-4,6-7,13,19-23H,5,8-12,14H2,1-2H3;1H,2H3. The van der Waals surface area contributed by atoms with Gasteiger partial charge in [-0.15, -0.1) is 12.3 Å². The van der Waals surface area contributed by atoms with Gasteiger partial charge in [-0.05, 0) is 98.3 Å². The van der Waals surface area contributed by atoms with Crippen LogP contribution in [0.15, 0.2) is 35.9 Å². The Bertz CT molecular complexity index is 938. The van der Waals surface area contributed by atoms with Gasteiger partial charge in [-0.2, -0.15) is 0 Å².